The Morgan fingerprint density at radius 2 is 2.10 bits per heavy atom. The average molecular weight is 287 g/mol. The van der Waals surface area contributed by atoms with Gasteiger partial charge in [0.1, 0.15) is 6.10 Å². The van der Waals surface area contributed by atoms with E-state index >= 15 is 0 Å². The monoisotopic (exact) mass is 287 g/mol. The van der Waals surface area contributed by atoms with E-state index in [1.54, 1.807) is 6.08 Å². The third-order valence-electron chi connectivity index (χ3n) is 3.27. The highest BCUT2D eigenvalue weighted by Gasteiger charge is 2.30. The van der Waals surface area contributed by atoms with Gasteiger partial charge in [-0.2, -0.15) is 0 Å². The van der Waals surface area contributed by atoms with Gasteiger partial charge in [-0.3, -0.25) is 0 Å². The van der Waals surface area contributed by atoms with E-state index < -0.39 is 0 Å². The van der Waals surface area contributed by atoms with Crippen LogP contribution in [0.1, 0.15) is 25.8 Å². The zero-order chi connectivity index (χ0) is 15.2. The summed E-state index contributed by atoms with van der Waals surface area (Å²) in [5.74, 6) is 0.766. The minimum Gasteiger partial charge on any atom is -0.468 e. The number of benzene rings is 1. The van der Waals surface area contributed by atoms with Crippen LogP contribution in [0.4, 0.5) is 0 Å². The maximum atomic E-state index is 11.2. The molecule has 1 heterocycles. The van der Waals surface area contributed by atoms with E-state index in [-0.39, 0.29) is 18.1 Å². The maximum Gasteiger partial charge on any atom is 0.330 e. The van der Waals surface area contributed by atoms with Crippen LogP contribution < -0.4 is 0 Å². The predicted octanol–water partition coefficient (Wildman–Crippen LogP) is 2.98. The lowest BCUT2D eigenvalue weighted by atomic mass is 10.00. The van der Waals surface area contributed by atoms with E-state index in [2.05, 4.69) is 23.6 Å². The molecule has 0 radical (unpaired) electrons. The van der Waals surface area contributed by atoms with Crippen molar-refractivity contribution in [1.82, 2.24) is 0 Å². The number of hydrogen-bond donors (Lipinski definition) is 0. The summed E-state index contributed by atoms with van der Waals surface area (Å²) in [7, 11) is 1.36. The molecule has 1 aromatic carbocycles. The van der Waals surface area contributed by atoms with E-state index in [4.69, 9.17) is 4.74 Å². The molecule has 0 saturated heterocycles. The third-order valence-corrected chi connectivity index (χ3v) is 3.27. The summed E-state index contributed by atoms with van der Waals surface area (Å²) >= 11 is 0. The van der Waals surface area contributed by atoms with Gasteiger partial charge in [0.15, 0.2) is 0 Å². The van der Waals surface area contributed by atoms with Gasteiger partial charge in [-0.05, 0) is 30.5 Å². The normalized spacial score (nSPS) is 21.4. The summed E-state index contributed by atoms with van der Waals surface area (Å²) in [6.07, 6.45) is 3.83. The highest BCUT2D eigenvalue weighted by Crippen LogP contribution is 2.24. The molecule has 0 N–H and O–H groups in total. The first-order valence-corrected chi connectivity index (χ1v) is 7.16. The number of carbonyl (C=O) groups is 1. The minimum absolute atomic E-state index is 0.0288. The summed E-state index contributed by atoms with van der Waals surface area (Å²) < 4.78 is 10.5. The second kappa shape index (κ2) is 7.07. The molecule has 112 valence electrons. The number of carbonyl (C=O) groups excluding carboxylic acids is 1. The second-order valence-corrected chi connectivity index (χ2v) is 5.46. The van der Waals surface area contributed by atoms with E-state index in [0.717, 1.165) is 12.0 Å². The minimum atomic E-state index is -0.380. The summed E-state index contributed by atoms with van der Waals surface area (Å²) in [5.41, 5.74) is 0.959. The number of methoxy groups -OCH3 is 1. The lowest BCUT2D eigenvalue weighted by molar-refractivity contribution is -0.134. The van der Waals surface area contributed by atoms with Crippen molar-refractivity contribution in [3.63, 3.8) is 0 Å². The molecular formula is C17H21NO3. The van der Waals surface area contributed by atoms with E-state index in [9.17, 15) is 4.79 Å². The number of esters is 1. The molecule has 4 heteroatoms. The molecule has 1 aromatic rings. The Labute approximate surface area is 125 Å². The van der Waals surface area contributed by atoms with E-state index in [1.807, 2.05) is 30.3 Å². The summed E-state index contributed by atoms with van der Waals surface area (Å²) in [5, 5.41) is 0. The Kier molecular flexibility index (Phi) is 5.14. The van der Waals surface area contributed by atoms with Gasteiger partial charge in [-0.15, -0.1) is 0 Å². The Morgan fingerprint density at radius 1 is 1.38 bits per heavy atom. The Morgan fingerprint density at radius 3 is 2.71 bits per heavy atom. The van der Waals surface area contributed by atoms with Crippen molar-refractivity contribution < 1.29 is 14.3 Å². The van der Waals surface area contributed by atoms with Crippen LogP contribution in [0.15, 0.2) is 47.5 Å². The van der Waals surface area contributed by atoms with Crippen LogP contribution in [-0.2, 0) is 14.3 Å². The Hall–Kier alpha value is -2.10. The van der Waals surface area contributed by atoms with Gasteiger partial charge in [-0.25, -0.2) is 9.79 Å². The third kappa shape index (κ3) is 4.18. The molecule has 2 rings (SSSR count). The second-order valence-electron chi connectivity index (χ2n) is 5.46. The fraction of sp³-hybridized carbons (Fsp3) is 0.412. The van der Waals surface area contributed by atoms with Gasteiger partial charge in [0.2, 0.25) is 5.90 Å². The maximum absolute atomic E-state index is 11.2. The van der Waals surface area contributed by atoms with Gasteiger partial charge in [0.05, 0.1) is 13.2 Å². The van der Waals surface area contributed by atoms with Crippen molar-refractivity contribution in [3.05, 3.63) is 48.0 Å². The van der Waals surface area contributed by atoms with Crippen LogP contribution in [0.25, 0.3) is 0 Å². The molecule has 0 spiro atoms. The molecule has 0 saturated carbocycles. The Balaban J connectivity index is 2.15. The summed E-state index contributed by atoms with van der Waals surface area (Å²) in [6, 6.07) is 9.84. The number of nitrogens with zero attached hydrogens (tertiary/aromatic N) is 1. The molecule has 1 aliphatic heterocycles. The topological polar surface area (TPSA) is 47.9 Å². The molecule has 0 bridgehead atoms. The molecule has 2 atom stereocenters. The first-order chi connectivity index (χ1) is 10.1. The van der Waals surface area contributed by atoms with Crippen molar-refractivity contribution in [1.29, 1.82) is 0 Å². The van der Waals surface area contributed by atoms with Gasteiger partial charge in [0.25, 0.3) is 0 Å². The quantitative estimate of drug-likeness (QED) is 0.618. The number of rotatable bonds is 5. The smallest absolute Gasteiger partial charge is 0.330 e. The zero-order valence-electron chi connectivity index (χ0n) is 12.7. The van der Waals surface area contributed by atoms with Crippen LogP contribution in [-0.4, -0.2) is 31.1 Å². The van der Waals surface area contributed by atoms with Gasteiger partial charge >= 0.3 is 5.97 Å². The first-order valence-electron chi connectivity index (χ1n) is 7.16. The lowest BCUT2D eigenvalue weighted by Gasteiger charge is -2.15. The van der Waals surface area contributed by atoms with Crippen LogP contribution in [0.3, 0.4) is 0 Å². The molecule has 0 aromatic heterocycles. The summed E-state index contributed by atoms with van der Waals surface area (Å²) in [4.78, 5) is 15.9. The van der Waals surface area contributed by atoms with Crippen LogP contribution in [0.5, 0.6) is 0 Å². The molecule has 0 fully saturated rings. The molecule has 0 amide bonds. The van der Waals surface area contributed by atoms with Gasteiger partial charge in [0, 0.05) is 11.6 Å². The van der Waals surface area contributed by atoms with Crippen LogP contribution in [0, 0.1) is 5.92 Å². The molecular weight excluding hydrogens is 266 g/mol. The lowest BCUT2D eigenvalue weighted by Crippen LogP contribution is -2.22. The average Bonchev–Trinajstić information content (AvgIpc) is 2.88. The molecule has 1 aliphatic rings. The molecule has 21 heavy (non-hydrogen) atoms. The predicted molar refractivity (Wildman–Crippen MR) is 82.3 cm³/mol. The standard InChI is InChI=1S/C17H21NO3/c1-12(2)11-14-15(9-10-16(19)20-3)21-17(18-14)13-7-5-4-6-8-13/h4-10,12,14-15H,11H2,1-3H3/b10-9+/t14-,15-/m0/s1. The fourth-order valence-corrected chi connectivity index (χ4v) is 2.26. The zero-order valence-corrected chi connectivity index (χ0v) is 12.7. The van der Waals surface area contributed by atoms with Crippen molar-refractivity contribution in [2.24, 2.45) is 10.9 Å². The molecule has 4 nitrogen and oxygen atoms in total. The number of aliphatic imine (C=N–C) groups is 1. The Bertz CT molecular complexity index is 534. The van der Waals surface area contributed by atoms with Crippen molar-refractivity contribution in [3.8, 4) is 0 Å². The number of ether oxygens (including phenoxy) is 2. The van der Waals surface area contributed by atoms with Crippen molar-refractivity contribution in [2.45, 2.75) is 32.4 Å². The van der Waals surface area contributed by atoms with Crippen LogP contribution in [0.2, 0.25) is 0 Å². The van der Waals surface area contributed by atoms with E-state index in [1.165, 1.54) is 13.2 Å². The summed E-state index contributed by atoms with van der Waals surface area (Å²) in [6.45, 7) is 4.30. The van der Waals surface area contributed by atoms with Gasteiger partial charge < -0.3 is 9.47 Å². The molecule has 0 unspecified atom stereocenters. The number of hydrogen-bond acceptors (Lipinski definition) is 4. The highest BCUT2D eigenvalue weighted by molar-refractivity contribution is 5.95. The fourth-order valence-electron chi connectivity index (χ4n) is 2.26. The van der Waals surface area contributed by atoms with Gasteiger partial charge in [-0.1, -0.05) is 32.0 Å². The SMILES string of the molecule is COC(=O)/C=C/[C@@H]1OC(c2ccccc2)=N[C@H]1CC(C)C. The highest BCUT2D eigenvalue weighted by atomic mass is 16.5. The largest absolute Gasteiger partial charge is 0.468 e. The molecule has 0 aliphatic carbocycles. The van der Waals surface area contributed by atoms with Crippen molar-refractivity contribution in [2.75, 3.05) is 7.11 Å². The van der Waals surface area contributed by atoms with E-state index in [0.29, 0.717) is 11.8 Å². The van der Waals surface area contributed by atoms with Crippen LogP contribution >= 0.6 is 0 Å². The first kappa shape index (κ1) is 15.3. The van der Waals surface area contributed by atoms with Crippen molar-refractivity contribution >= 4 is 11.9 Å².